The molecule has 6 heteroatoms. The first-order chi connectivity index (χ1) is 7.15. The first-order valence-corrected chi connectivity index (χ1v) is 6.25. The van der Waals surface area contributed by atoms with E-state index in [0.29, 0.717) is 5.82 Å². The van der Waals surface area contributed by atoms with Gasteiger partial charge in [-0.3, -0.25) is 4.79 Å². The zero-order chi connectivity index (χ0) is 11.3. The fraction of sp³-hybridized carbons (Fsp3) is 0.556. The number of thioether (sulfide) groups is 1. The SMILES string of the molecule is CCSCC(C)Nc1nc[nH]c(=O)c1Cl. The van der Waals surface area contributed by atoms with Crippen LogP contribution in [-0.2, 0) is 0 Å². The van der Waals surface area contributed by atoms with Gasteiger partial charge in [0.15, 0.2) is 5.82 Å². The van der Waals surface area contributed by atoms with Crippen LogP contribution < -0.4 is 10.9 Å². The highest BCUT2D eigenvalue weighted by atomic mass is 35.5. The molecule has 0 fully saturated rings. The maximum Gasteiger partial charge on any atom is 0.271 e. The van der Waals surface area contributed by atoms with Crippen LogP contribution in [0.1, 0.15) is 13.8 Å². The fourth-order valence-electron chi connectivity index (χ4n) is 1.05. The van der Waals surface area contributed by atoms with Crippen molar-refractivity contribution in [2.24, 2.45) is 0 Å². The summed E-state index contributed by atoms with van der Waals surface area (Å²) in [6, 6.07) is 0.238. The number of halogens is 1. The van der Waals surface area contributed by atoms with Gasteiger partial charge in [0.05, 0.1) is 6.33 Å². The third-order valence-corrected chi connectivity index (χ3v) is 3.25. The van der Waals surface area contributed by atoms with Gasteiger partial charge in [0.1, 0.15) is 5.02 Å². The molecule has 1 aromatic heterocycles. The van der Waals surface area contributed by atoms with E-state index in [4.69, 9.17) is 11.6 Å². The molecule has 0 amide bonds. The molecule has 2 N–H and O–H groups in total. The molecule has 84 valence electrons. The van der Waals surface area contributed by atoms with Crippen molar-refractivity contribution in [3.8, 4) is 0 Å². The molecule has 1 atom stereocenters. The zero-order valence-electron chi connectivity index (χ0n) is 8.71. The van der Waals surface area contributed by atoms with Crippen LogP contribution in [0, 0.1) is 0 Å². The van der Waals surface area contributed by atoms with E-state index in [1.807, 2.05) is 18.7 Å². The average Bonchev–Trinajstić information content (AvgIpc) is 2.22. The van der Waals surface area contributed by atoms with E-state index in [-0.39, 0.29) is 16.6 Å². The lowest BCUT2D eigenvalue weighted by Crippen LogP contribution is -2.21. The van der Waals surface area contributed by atoms with Crippen molar-refractivity contribution >= 4 is 29.2 Å². The van der Waals surface area contributed by atoms with E-state index < -0.39 is 0 Å². The zero-order valence-corrected chi connectivity index (χ0v) is 10.3. The molecule has 15 heavy (non-hydrogen) atoms. The summed E-state index contributed by atoms with van der Waals surface area (Å²) in [6.45, 7) is 4.14. The Labute approximate surface area is 97.8 Å². The molecule has 0 aliphatic heterocycles. The second-order valence-electron chi connectivity index (χ2n) is 3.10. The summed E-state index contributed by atoms with van der Waals surface area (Å²) in [7, 11) is 0. The minimum Gasteiger partial charge on any atom is -0.365 e. The fourth-order valence-corrected chi connectivity index (χ4v) is 1.88. The lowest BCUT2D eigenvalue weighted by molar-refractivity contribution is 0.896. The van der Waals surface area contributed by atoms with Crippen LogP contribution in [0.3, 0.4) is 0 Å². The van der Waals surface area contributed by atoms with Gasteiger partial charge < -0.3 is 10.3 Å². The number of hydrogen-bond donors (Lipinski definition) is 2. The number of anilines is 1. The highest BCUT2D eigenvalue weighted by molar-refractivity contribution is 7.99. The number of nitrogens with one attached hydrogen (secondary N) is 2. The molecule has 0 aromatic carbocycles. The van der Waals surface area contributed by atoms with Crippen LogP contribution >= 0.6 is 23.4 Å². The van der Waals surface area contributed by atoms with Crippen LogP contribution in [0.15, 0.2) is 11.1 Å². The maximum absolute atomic E-state index is 11.2. The summed E-state index contributed by atoms with van der Waals surface area (Å²) in [5.74, 6) is 2.48. The molecule has 0 spiro atoms. The molecule has 0 saturated heterocycles. The molecule has 1 heterocycles. The molecule has 1 aromatic rings. The maximum atomic E-state index is 11.2. The van der Waals surface area contributed by atoms with Gasteiger partial charge in [-0.25, -0.2) is 4.98 Å². The van der Waals surface area contributed by atoms with E-state index in [1.54, 1.807) is 0 Å². The Morgan fingerprint density at radius 2 is 2.47 bits per heavy atom. The van der Waals surface area contributed by atoms with Crippen molar-refractivity contribution < 1.29 is 0 Å². The predicted molar refractivity (Wildman–Crippen MR) is 66.0 cm³/mol. The molecule has 0 saturated carbocycles. The van der Waals surface area contributed by atoms with E-state index >= 15 is 0 Å². The second-order valence-corrected chi connectivity index (χ2v) is 4.80. The minimum absolute atomic E-state index is 0.117. The monoisotopic (exact) mass is 247 g/mol. The molecule has 0 radical (unpaired) electrons. The minimum atomic E-state index is -0.315. The molecule has 1 rings (SSSR count). The van der Waals surface area contributed by atoms with Crippen molar-refractivity contribution in [1.29, 1.82) is 0 Å². The molecule has 0 aliphatic carbocycles. The van der Waals surface area contributed by atoms with Gasteiger partial charge in [0, 0.05) is 11.8 Å². The molecular formula is C9H14ClN3OS. The van der Waals surface area contributed by atoms with Crippen LogP contribution in [0.4, 0.5) is 5.82 Å². The van der Waals surface area contributed by atoms with Gasteiger partial charge in [-0.2, -0.15) is 11.8 Å². The van der Waals surface area contributed by atoms with E-state index in [2.05, 4.69) is 22.2 Å². The highest BCUT2D eigenvalue weighted by Crippen LogP contribution is 2.14. The Hall–Kier alpha value is -0.680. The smallest absolute Gasteiger partial charge is 0.271 e. The average molecular weight is 248 g/mol. The van der Waals surface area contributed by atoms with Crippen molar-refractivity contribution in [3.63, 3.8) is 0 Å². The summed E-state index contributed by atoms with van der Waals surface area (Å²) in [6.07, 6.45) is 1.34. The van der Waals surface area contributed by atoms with Gasteiger partial charge in [-0.05, 0) is 12.7 Å². The molecule has 4 nitrogen and oxygen atoms in total. The van der Waals surface area contributed by atoms with Gasteiger partial charge in [0.2, 0.25) is 0 Å². The Kier molecular flexibility index (Phi) is 4.98. The third kappa shape index (κ3) is 3.76. The summed E-state index contributed by atoms with van der Waals surface area (Å²) in [4.78, 5) is 17.6. The van der Waals surface area contributed by atoms with Gasteiger partial charge in [-0.1, -0.05) is 18.5 Å². The first-order valence-electron chi connectivity index (χ1n) is 4.72. The van der Waals surface area contributed by atoms with Gasteiger partial charge >= 0.3 is 0 Å². The Morgan fingerprint density at radius 1 is 1.73 bits per heavy atom. The van der Waals surface area contributed by atoms with Crippen molar-refractivity contribution in [2.45, 2.75) is 19.9 Å². The highest BCUT2D eigenvalue weighted by Gasteiger charge is 2.08. The predicted octanol–water partition coefficient (Wildman–Crippen LogP) is 1.98. The summed E-state index contributed by atoms with van der Waals surface area (Å²) < 4.78 is 0. The lowest BCUT2D eigenvalue weighted by atomic mass is 10.4. The third-order valence-electron chi connectivity index (χ3n) is 1.75. The van der Waals surface area contributed by atoms with Crippen LogP contribution in [0.25, 0.3) is 0 Å². The van der Waals surface area contributed by atoms with Crippen LogP contribution in [0.2, 0.25) is 5.02 Å². The number of nitrogens with zero attached hydrogens (tertiary/aromatic N) is 1. The van der Waals surface area contributed by atoms with Crippen molar-refractivity contribution in [1.82, 2.24) is 9.97 Å². The number of aromatic nitrogens is 2. The molecule has 0 aliphatic rings. The van der Waals surface area contributed by atoms with E-state index in [0.717, 1.165) is 11.5 Å². The van der Waals surface area contributed by atoms with Crippen LogP contribution in [-0.4, -0.2) is 27.5 Å². The normalized spacial score (nSPS) is 12.5. The molecular weight excluding hydrogens is 234 g/mol. The second kappa shape index (κ2) is 6.02. The number of hydrogen-bond acceptors (Lipinski definition) is 4. The van der Waals surface area contributed by atoms with Crippen LogP contribution in [0.5, 0.6) is 0 Å². The summed E-state index contributed by atoms with van der Waals surface area (Å²) >= 11 is 7.62. The number of H-pyrrole nitrogens is 1. The first kappa shape index (κ1) is 12.4. The summed E-state index contributed by atoms with van der Waals surface area (Å²) in [5.41, 5.74) is -0.315. The quantitative estimate of drug-likeness (QED) is 0.836. The van der Waals surface area contributed by atoms with Crippen molar-refractivity contribution in [2.75, 3.05) is 16.8 Å². The van der Waals surface area contributed by atoms with Gasteiger partial charge in [0.25, 0.3) is 5.56 Å². The van der Waals surface area contributed by atoms with Gasteiger partial charge in [-0.15, -0.1) is 0 Å². The molecule has 0 bridgehead atoms. The van der Waals surface area contributed by atoms with E-state index in [9.17, 15) is 4.79 Å². The topological polar surface area (TPSA) is 57.8 Å². The van der Waals surface area contributed by atoms with Crippen molar-refractivity contribution in [3.05, 3.63) is 21.7 Å². The number of rotatable bonds is 5. The van der Waals surface area contributed by atoms with E-state index in [1.165, 1.54) is 6.33 Å². The Balaban J connectivity index is 2.64. The molecule has 1 unspecified atom stereocenters. The Morgan fingerprint density at radius 3 is 3.13 bits per heavy atom. The Bertz CT molecular complexity index is 369. The number of aromatic amines is 1. The largest absolute Gasteiger partial charge is 0.365 e. The summed E-state index contributed by atoms with van der Waals surface area (Å²) in [5, 5.41) is 3.22. The lowest BCUT2D eigenvalue weighted by Gasteiger charge is -2.13. The standard InChI is InChI=1S/C9H14ClN3OS/c1-3-15-4-6(2)13-8-7(10)9(14)12-5-11-8/h5-6H,3-4H2,1-2H3,(H2,11,12,13,14).